The topological polar surface area (TPSA) is 138 Å². The molecule has 12 heteroatoms. The number of aromatic nitrogens is 4. The van der Waals surface area contributed by atoms with Crippen LogP contribution in [0.4, 0.5) is 33.6 Å². The van der Waals surface area contributed by atoms with E-state index >= 15 is 0 Å². The minimum Gasteiger partial charge on any atom is -0.464 e. The molecule has 0 bridgehead atoms. The summed E-state index contributed by atoms with van der Waals surface area (Å²) < 4.78 is 6.93. The van der Waals surface area contributed by atoms with Crippen molar-refractivity contribution in [2.75, 3.05) is 48.4 Å². The van der Waals surface area contributed by atoms with E-state index < -0.39 is 6.09 Å². The van der Waals surface area contributed by atoms with Gasteiger partial charge < -0.3 is 20.5 Å². The number of hydrogen-bond donors (Lipinski definition) is 3. The molecule has 0 spiro atoms. The lowest BCUT2D eigenvalue weighted by Crippen LogP contribution is -2.36. The van der Waals surface area contributed by atoms with Crippen LogP contribution in [0.5, 0.6) is 0 Å². The summed E-state index contributed by atoms with van der Waals surface area (Å²) in [5.41, 5.74) is 1.44. The number of ether oxygens (including phenoxy) is 1. The maximum absolute atomic E-state index is 12.4. The van der Waals surface area contributed by atoms with Crippen LogP contribution in [0.15, 0.2) is 61.1 Å². The van der Waals surface area contributed by atoms with Crippen LogP contribution in [0, 0.1) is 0 Å². The predicted molar refractivity (Wildman–Crippen MR) is 130 cm³/mol. The minimum absolute atomic E-state index is 0.146. The lowest BCUT2D eigenvalue weighted by molar-refractivity contribution is -0.111. The number of anilines is 5. The molecule has 0 radical (unpaired) electrons. The van der Waals surface area contributed by atoms with E-state index in [-0.39, 0.29) is 17.7 Å². The SMILES string of the molecule is Cn1cc(Nc2nccc(N(C(=O)O)c3cccc(NC(=O)C=CCN4CCOCC4)c3)n2)cn1. The molecular formula is C23H26N8O4. The number of carboxylic acid groups (broad SMARTS) is 1. The van der Waals surface area contributed by atoms with E-state index in [2.05, 4.69) is 30.6 Å². The maximum atomic E-state index is 12.4. The number of nitrogens with one attached hydrogen (secondary N) is 2. The summed E-state index contributed by atoms with van der Waals surface area (Å²) in [6.45, 7) is 3.72. The third-order valence-corrected chi connectivity index (χ3v) is 5.13. The molecule has 1 fully saturated rings. The van der Waals surface area contributed by atoms with Crippen LogP contribution in [-0.2, 0) is 16.6 Å². The summed E-state index contributed by atoms with van der Waals surface area (Å²) >= 11 is 0. The van der Waals surface area contributed by atoms with Gasteiger partial charge in [-0.1, -0.05) is 12.1 Å². The summed E-state index contributed by atoms with van der Waals surface area (Å²) in [7, 11) is 1.78. The highest BCUT2D eigenvalue weighted by atomic mass is 16.5. The van der Waals surface area contributed by atoms with Gasteiger partial charge in [0, 0.05) is 56.9 Å². The zero-order chi connectivity index (χ0) is 24.6. The van der Waals surface area contributed by atoms with E-state index in [4.69, 9.17) is 4.74 Å². The van der Waals surface area contributed by atoms with Gasteiger partial charge in [0.1, 0.15) is 5.82 Å². The largest absolute Gasteiger partial charge is 0.464 e. The molecule has 2 aromatic heterocycles. The molecule has 1 saturated heterocycles. The number of rotatable bonds is 8. The molecule has 4 rings (SSSR count). The number of carbonyl (C=O) groups excluding carboxylic acids is 1. The summed E-state index contributed by atoms with van der Waals surface area (Å²) in [4.78, 5) is 36.1. The second kappa shape index (κ2) is 11.2. The van der Waals surface area contributed by atoms with E-state index in [1.165, 1.54) is 18.3 Å². The Morgan fingerprint density at radius 1 is 1.23 bits per heavy atom. The number of aryl methyl sites for hydroxylation is 1. The van der Waals surface area contributed by atoms with Crippen molar-refractivity contribution in [3.05, 3.63) is 61.1 Å². The van der Waals surface area contributed by atoms with Crippen LogP contribution >= 0.6 is 0 Å². The fourth-order valence-electron chi connectivity index (χ4n) is 3.49. The van der Waals surface area contributed by atoms with Crippen molar-refractivity contribution < 1.29 is 19.4 Å². The summed E-state index contributed by atoms with van der Waals surface area (Å²) in [5.74, 6) is 0.0617. The van der Waals surface area contributed by atoms with Crippen molar-refractivity contribution in [2.24, 2.45) is 7.05 Å². The normalized spacial score (nSPS) is 14.1. The van der Waals surface area contributed by atoms with Crippen molar-refractivity contribution >= 4 is 40.8 Å². The Morgan fingerprint density at radius 3 is 2.80 bits per heavy atom. The quantitative estimate of drug-likeness (QED) is 0.417. The van der Waals surface area contributed by atoms with Crippen LogP contribution in [0.2, 0.25) is 0 Å². The van der Waals surface area contributed by atoms with Gasteiger partial charge in [0.05, 0.1) is 30.8 Å². The average molecular weight is 479 g/mol. The zero-order valence-electron chi connectivity index (χ0n) is 19.2. The van der Waals surface area contributed by atoms with E-state index in [1.807, 2.05) is 0 Å². The Balaban J connectivity index is 1.45. The molecule has 2 amide bonds. The first-order chi connectivity index (χ1) is 17.0. The number of nitrogens with zero attached hydrogens (tertiary/aromatic N) is 6. The van der Waals surface area contributed by atoms with Gasteiger partial charge in [0.25, 0.3) is 0 Å². The molecule has 3 N–H and O–H groups in total. The Kier molecular flexibility index (Phi) is 7.65. The maximum Gasteiger partial charge on any atom is 0.417 e. The second-order valence-corrected chi connectivity index (χ2v) is 7.74. The van der Waals surface area contributed by atoms with Gasteiger partial charge in [-0.2, -0.15) is 10.1 Å². The van der Waals surface area contributed by atoms with Crippen molar-refractivity contribution in [2.45, 2.75) is 0 Å². The lowest BCUT2D eigenvalue weighted by Gasteiger charge is -2.25. The lowest BCUT2D eigenvalue weighted by atomic mass is 10.2. The van der Waals surface area contributed by atoms with E-state index in [0.29, 0.717) is 36.8 Å². The van der Waals surface area contributed by atoms with Crippen molar-refractivity contribution in [1.29, 1.82) is 0 Å². The molecule has 1 aromatic carbocycles. The van der Waals surface area contributed by atoms with Gasteiger partial charge in [-0.05, 0) is 18.2 Å². The minimum atomic E-state index is -1.23. The summed E-state index contributed by atoms with van der Waals surface area (Å²) in [5, 5.41) is 19.7. The number of hydrogen-bond acceptors (Lipinski definition) is 8. The molecule has 0 atom stereocenters. The van der Waals surface area contributed by atoms with Crippen molar-refractivity contribution in [3.8, 4) is 0 Å². The van der Waals surface area contributed by atoms with Gasteiger partial charge in [0.2, 0.25) is 11.9 Å². The third kappa shape index (κ3) is 6.62. The van der Waals surface area contributed by atoms with Gasteiger partial charge in [-0.25, -0.2) is 14.7 Å². The Bertz CT molecular complexity index is 1210. The van der Waals surface area contributed by atoms with Crippen LogP contribution in [0.3, 0.4) is 0 Å². The highest BCUT2D eigenvalue weighted by Gasteiger charge is 2.20. The molecule has 1 aliphatic rings. The Labute approximate surface area is 201 Å². The number of carbonyl (C=O) groups is 2. The molecule has 3 heterocycles. The first-order valence-electron chi connectivity index (χ1n) is 11.0. The van der Waals surface area contributed by atoms with Crippen LogP contribution in [0.25, 0.3) is 0 Å². The van der Waals surface area contributed by atoms with Crippen molar-refractivity contribution in [3.63, 3.8) is 0 Å². The van der Waals surface area contributed by atoms with Crippen LogP contribution in [-0.4, -0.2) is 74.6 Å². The van der Waals surface area contributed by atoms with Crippen molar-refractivity contribution in [1.82, 2.24) is 24.6 Å². The first kappa shape index (κ1) is 23.9. The highest BCUT2D eigenvalue weighted by molar-refractivity contribution is 6.00. The van der Waals surface area contributed by atoms with E-state index in [0.717, 1.165) is 18.0 Å². The monoisotopic (exact) mass is 478 g/mol. The van der Waals surface area contributed by atoms with E-state index in [1.54, 1.807) is 54.5 Å². The average Bonchev–Trinajstić information content (AvgIpc) is 3.24. The van der Waals surface area contributed by atoms with Gasteiger partial charge in [-0.3, -0.25) is 14.4 Å². The van der Waals surface area contributed by atoms with Gasteiger partial charge in [0.15, 0.2) is 0 Å². The van der Waals surface area contributed by atoms with Gasteiger partial charge >= 0.3 is 6.09 Å². The molecule has 1 aliphatic heterocycles. The first-order valence-corrected chi connectivity index (χ1v) is 11.0. The highest BCUT2D eigenvalue weighted by Crippen LogP contribution is 2.27. The standard InChI is InChI=1S/C23H26N8O4/c1-29-16-18(15-25-29)27-22-24-8-7-20(28-22)31(23(33)34)19-5-2-4-17(14-19)26-21(32)6-3-9-30-10-12-35-13-11-30/h2-8,14-16H,9-13H2,1H3,(H,26,32)(H,33,34)(H,24,27,28). The van der Waals surface area contributed by atoms with E-state index in [9.17, 15) is 14.7 Å². The molecule has 0 aliphatic carbocycles. The predicted octanol–water partition coefficient (Wildman–Crippen LogP) is 2.60. The summed E-state index contributed by atoms with van der Waals surface area (Å²) in [6, 6.07) is 8.02. The Morgan fingerprint density at radius 2 is 2.06 bits per heavy atom. The third-order valence-electron chi connectivity index (χ3n) is 5.13. The molecule has 182 valence electrons. The smallest absolute Gasteiger partial charge is 0.417 e. The number of morpholine rings is 1. The van der Waals surface area contributed by atoms with Gasteiger partial charge in [-0.15, -0.1) is 0 Å². The number of amides is 2. The fraction of sp³-hybridized carbons (Fsp3) is 0.261. The molecular weight excluding hydrogens is 452 g/mol. The molecule has 12 nitrogen and oxygen atoms in total. The zero-order valence-corrected chi connectivity index (χ0v) is 19.2. The fourth-order valence-corrected chi connectivity index (χ4v) is 3.49. The summed E-state index contributed by atoms with van der Waals surface area (Å²) in [6.07, 6.45) is 6.84. The number of benzene rings is 1. The molecule has 35 heavy (non-hydrogen) atoms. The Hall–Kier alpha value is -4.29. The van der Waals surface area contributed by atoms with Crippen LogP contribution < -0.4 is 15.5 Å². The molecule has 3 aromatic rings. The molecule has 0 saturated carbocycles. The molecule has 0 unspecified atom stereocenters. The van der Waals surface area contributed by atoms with Crippen LogP contribution in [0.1, 0.15) is 0 Å². The second-order valence-electron chi connectivity index (χ2n) is 7.74.